The third-order valence-corrected chi connectivity index (χ3v) is 5.68. The number of aliphatic carboxylic acids is 1. The third-order valence-electron chi connectivity index (χ3n) is 5.68. The molecule has 0 bridgehead atoms. The zero-order chi connectivity index (χ0) is 20.1. The Kier molecular flexibility index (Phi) is 6.57. The number of rotatable bonds is 7. The molecular formula is C23H29NO4. The van der Waals surface area contributed by atoms with Crippen molar-refractivity contribution in [1.82, 2.24) is 4.90 Å². The molecule has 1 fully saturated rings. The van der Waals surface area contributed by atoms with Gasteiger partial charge < -0.3 is 14.6 Å². The minimum atomic E-state index is -0.692. The Balaban J connectivity index is 2.01. The number of hydrogen-bond donors (Lipinski definition) is 1. The van der Waals surface area contributed by atoms with E-state index in [1.54, 1.807) is 14.2 Å². The average Bonchev–Trinajstić information content (AvgIpc) is 2.74. The highest BCUT2D eigenvalue weighted by Gasteiger charge is 2.31. The minimum Gasteiger partial charge on any atom is -0.497 e. The molecule has 1 saturated heterocycles. The van der Waals surface area contributed by atoms with Crippen molar-refractivity contribution in [2.24, 2.45) is 5.92 Å². The van der Waals surface area contributed by atoms with E-state index >= 15 is 0 Å². The molecule has 5 nitrogen and oxygen atoms in total. The van der Waals surface area contributed by atoms with Crippen molar-refractivity contribution in [3.05, 3.63) is 59.2 Å². The third kappa shape index (κ3) is 4.30. The van der Waals surface area contributed by atoms with Gasteiger partial charge in [-0.05, 0) is 61.7 Å². The van der Waals surface area contributed by atoms with Crippen LogP contribution in [0.2, 0.25) is 0 Å². The summed E-state index contributed by atoms with van der Waals surface area (Å²) in [6.07, 6.45) is 2.31. The van der Waals surface area contributed by atoms with E-state index in [2.05, 4.69) is 36.1 Å². The molecule has 2 aromatic carbocycles. The molecule has 0 spiro atoms. The Hall–Kier alpha value is -2.53. The van der Waals surface area contributed by atoms with Gasteiger partial charge in [0.05, 0.1) is 26.2 Å². The predicted octanol–water partition coefficient (Wildman–Crippen LogP) is 4.15. The first-order chi connectivity index (χ1) is 13.6. The molecule has 1 unspecified atom stereocenters. The number of carbonyl (C=O) groups is 1. The van der Waals surface area contributed by atoms with Crippen LogP contribution in [0.3, 0.4) is 0 Å². The van der Waals surface area contributed by atoms with Gasteiger partial charge in [0.1, 0.15) is 11.5 Å². The van der Waals surface area contributed by atoms with Crippen LogP contribution in [0.15, 0.2) is 42.5 Å². The lowest BCUT2D eigenvalue weighted by molar-refractivity contribution is -0.143. The van der Waals surface area contributed by atoms with E-state index in [1.807, 2.05) is 18.2 Å². The first kappa shape index (κ1) is 20.2. The monoisotopic (exact) mass is 383 g/mol. The van der Waals surface area contributed by atoms with Crippen LogP contribution in [0, 0.1) is 5.92 Å². The zero-order valence-electron chi connectivity index (χ0n) is 16.9. The van der Waals surface area contributed by atoms with E-state index in [0.717, 1.165) is 36.6 Å². The van der Waals surface area contributed by atoms with E-state index in [-0.39, 0.29) is 12.0 Å². The van der Waals surface area contributed by atoms with Crippen LogP contribution in [-0.4, -0.2) is 43.3 Å². The summed E-state index contributed by atoms with van der Waals surface area (Å²) in [4.78, 5) is 13.7. The Morgan fingerprint density at radius 1 is 1.11 bits per heavy atom. The molecule has 0 radical (unpaired) electrons. The Morgan fingerprint density at radius 2 is 1.79 bits per heavy atom. The number of ether oxygens (including phenoxy) is 2. The number of likely N-dealkylation sites (tertiary alicyclic amines) is 1. The quantitative estimate of drug-likeness (QED) is 0.778. The van der Waals surface area contributed by atoms with Crippen LogP contribution < -0.4 is 9.47 Å². The first-order valence-electron chi connectivity index (χ1n) is 9.85. The first-order valence-corrected chi connectivity index (χ1v) is 9.85. The summed E-state index contributed by atoms with van der Waals surface area (Å²) >= 11 is 0. The average molecular weight is 383 g/mol. The molecule has 1 aliphatic heterocycles. The smallest absolute Gasteiger partial charge is 0.306 e. The summed E-state index contributed by atoms with van der Waals surface area (Å²) in [5.41, 5.74) is 3.52. The van der Waals surface area contributed by atoms with E-state index in [9.17, 15) is 9.90 Å². The number of methoxy groups -OCH3 is 2. The van der Waals surface area contributed by atoms with Gasteiger partial charge in [0.2, 0.25) is 0 Å². The molecule has 2 aromatic rings. The minimum absolute atomic E-state index is 0.00861. The van der Waals surface area contributed by atoms with Gasteiger partial charge in [-0.3, -0.25) is 9.69 Å². The van der Waals surface area contributed by atoms with Crippen molar-refractivity contribution in [3.8, 4) is 11.5 Å². The van der Waals surface area contributed by atoms with Gasteiger partial charge in [-0.25, -0.2) is 0 Å². The normalized spacial score (nSPS) is 16.5. The lowest BCUT2D eigenvalue weighted by atomic mass is 9.90. The zero-order valence-corrected chi connectivity index (χ0v) is 16.9. The van der Waals surface area contributed by atoms with Crippen molar-refractivity contribution < 1.29 is 19.4 Å². The fourth-order valence-electron chi connectivity index (χ4n) is 3.98. The Morgan fingerprint density at radius 3 is 2.32 bits per heavy atom. The molecular weight excluding hydrogens is 354 g/mol. The van der Waals surface area contributed by atoms with Crippen molar-refractivity contribution in [2.75, 3.05) is 27.3 Å². The topological polar surface area (TPSA) is 59.0 Å². The fourth-order valence-corrected chi connectivity index (χ4v) is 3.98. The summed E-state index contributed by atoms with van der Waals surface area (Å²) in [6, 6.07) is 14.5. The summed E-state index contributed by atoms with van der Waals surface area (Å²) in [5.74, 6) is 0.645. The molecule has 5 heteroatoms. The molecule has 0 aromatic heterocycles. The maximum absolute atomic E-state index is 11.4. The molecule has 1 aliphatic rings. The second kappa shape index (κ2) is 9.11. The van der Waals surface area contributed by atoms with E-state index < -0.39 is 5.97 Å². The lowest BCUT2D eigenvalue weighted by Gasteiger charge is -2.37. The van der Waals surface area contributed by atoms with Crippen LogP contribution in [0.4, 0.5) is 0 Å². The van der Waals surface area contributed by atoms with Crippen LogP contribution in [-0.2, 0) is 11.2 Å². The summed E-state index contributed by atoms with van der Waals surface area (Å²) < 4.78 is 11.1. The Bertz CT molecular complexity index is 795. The largest absolute Gasteiger partial charge is 0.497 e. The van der Waals surface area contributed by atoms with Crippen LogP contribution in [0.1, 0.15) is 42.5 Å². The number of carboxylic acid groups (broad SMARTS) is 1. The van der Waals surface area contributed by atoms with Crippen molar-refractivity contribution in [2.45, 2.75) is 32.2 Å². The fraction of sp³-hybridized carbons (Fsp3) is 0.435. The molecule has 3 rings (SSSR count). The number of nitrogens with zero attached hydrogens (tertiary/aromatic N) is 1. The predicted molar refractivity (Wildman–Crippen MR) is 109 cm³/mol. The molecule has 0 amide bonds. The molecule has 0 saturated carbocycles. The molecule has 1 atom stereocenters. The number of benzene rings is 2. The van der Waals surface area contributed by atoms with Gasteiger partial charge in [0.25, 0.3) is 0 Å². The standard InChI is InChI=1S/C23H29NO4/c1-4-16-5-7-17(8-6-16)22(24-13-11-18(12-14-24)23(25)26)20-15-19(27-2)9-10-21(20)28-3/h5-10,15,18,22H,4,11-14H2,1-3H3,(H,25,26). The van der Waals surface area contributed by atoms with Crippen molar-refractivity contribution in [3.63, 3.8) is 0 Å². The van der Waals surface area contributed by atoms with E-state index in [0.29, 0.717) is 12.8 Å². The number of carboxylic acids is 1. The number of piperidine rings is 1. The van der Waals surface area contributed by atoms with Gasteiger partial charge in [-0.15, -0.1) is 0 Å². The van der Waals surface area contributed by atoms with Crippen LogP contribution in [0.25, 0.3) is 0 Å². The summed E-state index contributed by atoms with van der Waals surface area (Å²) in [6.45, 7) is 3.61. The van der Waals surface area contributed by atoms with E-state index in [4.69, 9.17) is 9.47 Å². The maximum Gasteiger partial charge on any atom is 0.306 e. The van der Waals surface area contributed by atoms with Gasteiger partial charge in [-0.1, -0.05) is 31.2 Å². The van der Waals surface area contributed by atoms with E-state index in [1.165, 1.54) is 11.1 Å². The van der Waals surface area contributed by atoms with Crippen molar-refractivity contribution >= 4 is 5.97 Å². The number of hydrogen-bond acceptors (Lipinski definition) is 4. The summed E-state index contributed by atoms with van der Waals surface area (Å²) in [7, 11) is 3.34. The highest BCUT2D eigenvalue weighted by atomic mass is 16.5. The SMILES string of the molecule is CCc1ccc(C(c2cc(OC)ccc2OC)N2CCC(C(=O)O)CC2)cc1. The summed E-state index contributed by atoms with van der Waals surface area (Å²) in [5, 5.41) is 9.35. The Labute approximate surface area is 166 Å². The second-order valence-corrected chi connectivity index (χ2v) is 7.25. The van der Waals surface area contributed by atoms with Gasteiger partial charge in [0, 0.05) is 5.56 Å². The highest BCUT2D eigenvalue weighted by molar-refractivity contribution is 5.70. The van der Waals surface area contributed by atoms with Crippen LogP contribution >= 0.6 is 0 Å². The molecule has 1 heterocycles. The molecule has 0 aliphatic carbocycles. The van der Waals surface area contributed by atoms with Gasteiger partial charge in [-0.2, -0.15) is 0 Å². The molecule has 150 valence electrons. The lowest BCUT2D eigenvalue weighted by Crippen LogP contribution is -2.39. The highest BCUT2D eigenvalue weighted by Crippen LogP contribution is 2.39. The van der Waals surface area contributed by atoms with Crippen molar-refractivity contribution in [1.29, 1.82) is 0 Å². The second-order valence-electron chi connectivity index (χ2n) is 7.25. The number of aryl methyl sites for hydroxylation is 1. The van der Waals surface area contributed by atoms with Crippen LogP contribution in [0.5, 0.6) is 11.5 Å². The molecule has 1 N–H and O–H groups in total. The maximum atomic E-state index is 11.4. The van der Waals surface area contributed by atoms with Gasteiger partial charge in [0.15, 0.2) is 0 Å². The molecule has 28 heavy (non-hydrogen) atoms. The van der Waals surface area contributed by atoms with Gasteiger partial charge >= 0.3 is 5.97 Å².